The van der Waals surface area contributed by atoms with Gasteiger partial charge in [0.15, 0.2) is 0 Å². The van der Waals surface area contributed by atoms with Crippen molar-refractivity contribution in [1.29, 1.82) is 0 Å². The highest BCUT2D eigenvalue weighted by Gasteiger charge is 2.18. The van der Waals surface area contributed by atoms with E-state index in [-0.39, 0.29) is 11.4 Å². The van der Waals surface area contributed by atoms with Gasteiger partial charge in [-0.3, -0.25) is 9.78 Å². The van der Waals surface area contributed by atoms with Gasteiger partial charge in [-0.2, -0.15) is 0 Å². The fraction of sp³-hybridized carbons (Fsp3) is 0.333. The Kier molecular flexibility index (Phi) is 3.18. The van der Waals surface area contributed by atoms with Gasteiger partial charge in [-0.25, -0.2) is 0 Å². The van der Waals surface area contributed by atoms with Gasteiger partial charge in [0.1, 0.15) is 5.69 Å². The van der Waals surface area contributed by atoms with E-state index >= 15 is 0 Å². The molecule has 0 unspecified atom stereocenters. The predicted molar refractivity (Wildman–Crippen MR) is 78.1 cm³/mol. The van der Waals surface area contributed by atoms with Crippen LogP contribution in [0.4, 0.5) is 5.69 Å². The smallest absolute Gasteiger partial charge is 0.270 e. The molecule has 4 nitrogen and oxygen atoms in total. The number of nitrogens with zero attached hydrogens (tertiary/aromatic N) is 1. The Morgan fingerprint density at radius 3 is 2.53 bits per heavy atom. The number of benzene rings is 1. The molecule has 0 aliphatic heterocycles. The van der Waals surface area contributed by atoms with E-state index in [0.29, 0.717) is 11.4 Å². The first-order chi connectivity index (χ1) is 8.79. The van der Waals surface area contributed by atoms with Gasteiger partial charge in [-0.1, -0.05) is 12.1 Å². The topological polar surface area (TPSA) is 68.0 Å². The Labute approximate surface area is 113 Å². The predicted octanol–water partition coefficient (Wildman–Crippen LogP) is 2.65. The van der Waals surface area contributed by atoms with Crippen LogP contribution in [0.2, 0.25) is 0 Å². The van der Waals surface area contributed by atoms with Crippen molar-refractivity contribution in [3.63, 3.8) is 0 Å². The maximum atomic E-state index is 12.3. The second kappa shape index (κ2) is 4.53. The third kappa shape index (κ3) is 2.67. The number of hydrogen-bond acceptors (Lipinski definition) is 3. The van der Waals surface area contributed by atoms with Crippen LogP contribution in [-0.4, -0.2) is 16.4 Å². The molecule has 1 aromatic heterocycles. The summed E-state index contributed by atoms with van der Waals surface area (Å²) in [6.07, 6.45) is 1.62. The molecule has 0 aliphatic rings. The lowest BCUT2D eigenvalue weighted by Crippen LogP contribution is -2.41. The molecule has 0 saturated heterocycles. The third-order valence-electron chi connectivity index (χ3n) is 2.91. The fourth-order valence-electron chi connectivity index (χ4n) is 1.97. The minimum absolute atomic E-state index is 0.179. The average Bonchev–Trinajstić information content (AvgIpc) is 2.31. The summed E-state index contributed by atoms with van der Waals surface area (Å²) < 4.78 is 0. The van der Waals surface area contributed by atoms with Crippen LogP contribution in [0.1, 0.15) is 36.8 Å². The van der Waals surface area contributed by atoms with E-state index in [4.69, 9.17) is 5.73 Å². The molecule has 0 aliphatic carbocycles. The molecule has 1 aromatic carbocycles. The number of amides is 1. The highest BCUT2D eigenvalue weighted by atomic mass is 16.2. The quantitative estimate of drug-likeness (QED) is 0.772. The van der Waals surface area contributed by atoms with Crippen LogP contribution in [0.25, 0.3) is 10.8 Å². The van der Waals surface area contributed by atoms with Crippen molar-refractivity contribution < 1.29 is 4.79 Å². The van der Waals surface area contributed by atoms with Gasteiger partial charge in [0.05, 0.1) is 0 Å². The molecule has 3 N–H and O–H groups in total. The number of aryl methyl sites for hydroxylation is 1. The van der Waals surface area contributed by atoms with E-state index < -0.39 is 0 Å². The summed E-state index contributed by atoms with van der Waals surface area (Å²) in [5.74, 6) is -0.179. The first kappa shape index (κ1) is 13.3. The number of nitrogens with one attached hydrogen (secondary N) is 1. The molecule has 2 rings (SSSR count). The normalized spacial score (nSPS) is 11.6. The molecule has 0 fully saturated rings. The molecule has 0 bridgehead atoms. The van der Waals surface area contributed by atoms with Crippen LogP contribution in [-0.2, 0) is 0 Å². The lowest BCUT2D eigenvalue weighted by atomic mass is 10.0. The third-order valence-corrected chi connectivity index (χ3v) is 2.91. The second-order valence-electron chi connectivity index (χ2n) is 5.75. The van der Waals surface area contributed by atoms with Gasteiger partial charge < -0.3 is 11.1 Å². The molecule has 0 radical (unpaired) electrons. The first-order valence-corrected chi connectivity index (χ1v) is 6.26. The van der Waals surface area contributed by atoms with Gasteiger partial charge >= 0.3 is 0 Å². The number of carbonyl (C=O) groups excluding carboxylic acids is 1. The molecule has 1 amide bonds. The van der Waals surface area contributed by atoms with Gasteiger partial charge in [0.2, 0.25) is 0 Å². The van der Waals surface area contributed by atoms with Crippen molar-refractivity contribution in [2.75, 3.05) is 5.73 Å². The van der Waals surface area contributed by atoms with Crippen molar-refractivity contribution in [3.05, 3.63) is 35.7 Å². The van der Waals surface area contributed by atoms with Crippen molar-refractivity contribution in [2.45, 2.75) is 33.2 Å². The van der Waals surface area contributed by atoms with Gasteiger partial charge in [0.25, 0.3) is 5.91 Å². The minimum Gasteiger partial charge on any atom is -0.398 e. The summed E-state index contributed by atoms with van der Waals surface area (Å²) in [6, 6.07) is 5.64. The number of hydrogen-bond donors (Lipinski definition) is 2. The van der Waals surface area contributed by atoms with Gasteiger partial charge in [-0.05, 0) is 39.3 Å². The number of nitrogen functional groups attached to an aromatic ring is 1. The maximum absolute atomic E-state index is 12.3. The number of carbonyl (C=O) groups is 1. The summed E-state index contributed by atoms with van der Waals surface area (Å²) >= 11 is 0. The zero-order valence-corrected chi connectivity index (χ0v) is 11.7. The maximum Gasteiger partial charge on any atom is 0.270 e. The van der Waals surface area contributed by atoms with Crippen LogP contribution >= 0.6 is 0 Å². The summed E-state index contributed by atoms with van der Waals surface area (Å²) in [5, 5.41) is 4.57. The van der Waals surface area contributed by atoms with Gasteiger partial charge in [-0.15, -0.1) is 0 Å². The summed E-state index contributed by atoms with van der Waals surface area (Å²) in [6.45, 7) is 7.77. The standard InChI is InChI=1S/C15H19N3O/c1-9-5-6-11-10(12(9)16)7-8-17-13(11)14(19)18-15(2,3)4/h5-8H,16H2,1-4H3,(H,18,19). The van der Waals surface area contributed by atoms with E-state index in [9.17, 15) is 4.79 Å². The number of pyridine rings is 1. The Morgan fingerprint density at radius 2 is 1.89 bits per heavy atom. The fourth-order valence-corrected chi connectivity index (χ4v) is 1.97. The zero-order valence-electron chi connectivity index (χ0n) is 11.7. The Balaban J connectivity index is 2.56. The Hall–Kier alpha value is -2.10. The molecule has 100 valence electrons. The number of rotatable bonds is 1. The highest BCUT2D eigenvalue weighted by molar-refractivity contribution is 6.08. The first-order valence-electron chi connectivity index (χ1n) is 6.26. The van der Waals surface area contributed by atoms with E-state index in [1.807, 2.05) is 45.9 Å². The van der Waals surface area contributed by atoms with E-state index in [0.717, 1.165) is 16.3 Å². The summed E-state index contributed by atoms with van der Waals surface area (Å²) in [4.78, 5) is 16.5. The van der Waals surface area contributed by atoms with Crippen LogP contribution < -0.4 is 11.1 Å². The molecule has 4 heteroatoms. The SMILES string of the molecule is Cc1ccc2c(C(=O)NC(C)(C)C)nccc2c1N. The molecular formula is C15H19N3O. The molecule has 19 heavy (non-hydrogen) atoms. The van der Waals surface area contributed by atoms with Crippen molar-refractivity contribution in [1.82, 2.24) is 10.3 Å². The van der Waals surface area contributed by atoms with Crippen LogP contribution in [0.3, 0.4) is 0 Å². The monoisotopic (exact) mass is 257 g/mol. The average molecular weight is 257 g/mol. The molecule has 0 saturated carbocycles. The Morgan fingerprint density at radius 1 is 1.21 bits per heavy atom. The largest absolute Gasteiger partial charge is 0.398 e. The lowest BCUT2D eigenvalue weighted by Gasteiger charge is -2.20. The molecule has 2 aromatic rings. The lowest BCUT2D eigenvalue weighted by molar-refractivity contribution is 0.0916. The van der Waals surface area contributed by atoms with E-state index in [1.165, 1.54) is 0 Å². The van der Waals surface area contributed by atoms with Crippen molar-refractivity contribution in [2.24, 2.45) is 0 Å². The van der Waals surface area contributed by atoms with Crippen LogP contribution in [0.15, 0.2) is 24.4 Å². The zero-order chi connectivity index (χ0) is 14.2. The number of aromatic nitrogens is 1. The molecule has 0 spiro atoms. The summed E-state index contributed by atoms with van der Waals surface area (Å²) in [5.41, 5.74) is 7.88. The number of nitrogens with two attached hydrogens (primary N) is 1. The van der Waals surface area contributed by atoms with Crippen LogP contribution in [0.5, 0.6) is 0 Å². The summed E-state index contributed by atoms with van der Waals surface area (Å²) in [7, 11) is 0. The Bertz CT molecular complexity index is 642. The van der Waals surface area contributed by atoms with E-state index in [1.54, 1.807) is 6.20 Å². The molecule has 1 heterocycles. The minimum atomic E-state index is -0.294. The van der Waals surface area contributed by atoms with Crippen molar-refractivity contribution in [3.8, 4) is 0 Å². The van der Waals surface area contributed by atoms with Crippen molar-refractivity contribution >= 4 is 22.4 Å². The second-order valence-corrected chi connectivity index (χ2v) is 5.75. The van der Waals surface area contributed by atoms with Gasteiger partial charge in [0, 0.05) is 28.2 Å². The number of anilines is 1. The van der Waals surface area contributed by atoms with E-state index in [2.05, 4.69) is 10.3 Å². The number of fused-ring (bicyclic) bond motifs is 1. The highest BCUT2D eigenvalue weighted by Crippen LogP contribution is 2.26. The van der Waals surface area contributed by atoms with Crippen LogP contribution in [0, 0.1) is 6.92 Å². The molecular weight excluding hydrogens is 238 g/mol. The molecule has 0 atom stereocenters.